The van der Waals surface area contributed by atoms with E-state index in [4.69, 9.17) is 0 Å². The number of benzene rings is 1. The van der Waals surface area contributed by atoms with Crippen molar-refractivity contribution < 1.29 is 4.79 Å². The van der Waals surface area contributed by atoms with Crippen LogP contribution < -0.4 is 0 Å². The van der Waals surface area contributed by atoms with Crippen LogP contribution in [-0.4, -0.2) is 5.78 Å². The van der Waals surface area contributed by atoms with E-state index in [1.165, 1.54) is 5.56 Å². The Hall–Kier alpha value is -1.11. The molecule has 1 heteroatoms. The van der Waals surface area contributed by atoms with Crippen molar-refractivity contribution in [3.63, 3.8) is 0 Å². The first-order chi connectivity index (χ1) is 6.62. The van der Waals surface area contributed by atoms with Crippen molar-refractivity contribution in [1.29, 1.82) is 0 Å². The fourth-order valence-corrected chi connectivity index (χ4v) is 2.24. The van der Waals surface area contributed by atoms with Gasteiger partial charge in [0.2, 0.25) is 0 Å². The number of hydrogen-bond acceptors (Lipinski definition) is 1. The third-order valence-corrected chi connectivity index (χ3v) is 3.46. The molecule has 1 aliphatic carbocycles. The maximum absolute atomic E-state index is 11.5. The zero-order valence-corrected chi connectivity index (χ0v) is 8.79. The van der Waals surface area contributed by atoms with Crippen LogP contribution in [-0.2, 0) is 10.2 Å². The highest BCUT2D eigenvalue weighted by Crippen LogP contribution is 2.41. The molecule has 1 nitrogen and oxygen atoms in total. The molecule has 0 N–H and O–H groups in total. The van der Waals surface area contributed by atoms with E-state index in [0.717, 1.165) is 12.8 Å². The lowest BCUT2D eigenvalue weighted by Gasteiger charge is -2.39. The fraction of sp³-hybridized carbons (Fsp3) is 0.462. The van der Waals surface area contributed by atoms with Gasteiger partial charge in [-0.25, -0.2) is 0 Å². The van der Waals surface area contributed by atoms with Crippen LogP contribution in [0.25, 0.3) is 0 Å². The predicted molar refractivity (Wildman–Crippen MR) is 57.2 cm³/mol. The fourth-order valence-electron chi connectivity index (χ4n) is 2.24. The molecule has 74 valence electrons. The number of ketones is 1. The summed E-state index contributed by atoms with van der Waals surface area (Å²) in [6.07, 6.45) is 1.83. The standard InChI is InChI=1S/C13H16O/c1-13(2,11-8-9-12(11)14)10-6-4-3-5-7-10/h3-7,11H,8-9H2,1-2H3. The van der Waals surface area contributed by atoms with Crippen LogP contribution in [0.2, 0.25) is 0 Å². The van der Waals surface area contributed by atoms with Gasteiger partial charge < -0.3 is 0 Å². The summed E-state index contributed by atoms with van der Waals surface area (Å²) in [5, 5.41) is 0. The second-order valence-electron chi connectivity index (χ2n) is 4.65. The quantitative estimate of drug-likeness (QED) is 0.697. The van der Waals surface area contributed by atoms with E-state index >= 15 is 0 Å². The molecule has 0 aliphatic heterocycles. The second kappa shape index (κ2) is 3.23. The molecule has 0 amide bonds. The number of Topliss-reactive ketones (excluding diaryl/α,β-unsaturated/α-hetero) is 1. The van der Waals surface area contributed by atoms with Crippen LogP contribution in [0.5, 0.6) is 0 Å². The Morgan fingerprint density at radius 3 is 2.29 bits per heavy atom. The van der Waals surface area contributed by atoms with Crippen molar-refractivity contribution in [2.24, 2.45) is 5.92 Å². The van der Waals surface area contributed by atoms with Gasteiger partial charge in [-0.15, -0.1) is 0 Å². The van der Waals surface area contributed by atoms with Gasteiger partial charge in [-0.1, -0.05) is 44.2 Å². The van der Waals surface area contributed by atoms with Crippen molar-refractivity contribution in [2.45, 2.75) is 32.1 Å². The zero-order chi connectivity index (χ0) is 10.2. The van der Waals surface area contributed by atoms with Crippen LogP contribution in [0.3, 0.4) is 0 Å². The number of rotatable bonds is 2. The maximum atomic E-state index is 11.5. The summed E-state index contributed by atoms with van der Waals surface area (Å²) < 4.78 is 0. The van der Waals surface area contributed by atoms with Crippen LogP contribution in [0.1, 0.15) is 32.3 Å². The van der Waals surface area contributed by atoms with Crippen LogP contribution in [0.15, 0.2) is 30.3 Å². The minimum Gasteiger partial charge on any atom is -0.299 e. The van der Waals surface area contributed by atoms with Gasteiger partial charge in [-0.2, -0.15) is 0 Å². The molecule has 1 saturated carbocycles. The molecule has 1 aliphatic rings. The predicted octanol–water partition coefficient (Wildman–Crippen LogP) is 2.94. The molecule has 14 heavy (non-hydrogen) atoms. The van der Waals surface area contributed by atoms with Crippen LogP contribution in [0, 0.1) is 5.92 Å². The summed E-state index contributed by atoms with van der Waals surface area (Å²) in [7, 11) is 0. The van der Waals surface area contributed by atoms with Crippen molar-refractivity contribution in [2.75, 3.05) is 0 Å². The van der Waals surface area contributed by atoms with E-state index in [1.807, 2.05) is 18.2 Å². The Labute approximate surface area is 85.1 Å². The van der Waals surface area contributed by atoms with Gasteiger partial charge in [0.25, 0.3) is 0 Å². The van der Waals surface area contributed by atoms with Gasteiger partial charge in [-0.05, 0) is 17.4 Å². The molecular weight excluding hydrogens is 172 g/mol. The maximum Gasteiger partial charge on any atom is 0.136 e. The number of carbonyl (C=O) groups excluding carboxylic acids is 1. The minimum atomic E-state index is 0.0105. The van der Waals surface area contributed by atoms with Crippen LogP contribution in [0.4, 0.5) is 0 Å². The van der Waals surface area contributed by atoms with Gasteiger partial charge in [0.05, 0.1) is 0 Å². The molecule has 2 rings (SSSR count). The molecule has 0 spiro atoms. The van der Waals surface area contributed by atoms with Crippen molar-refractivity contribution in [3.05, 3.63) is 35.9 Å². The molecule has 1 atom stereocenters. The Morgan fingerprint density at radius 1 is 1.21 bits per heavy atom. The summed E-state index contributed by atoms with van der Waals surface area (Å²) in [6, 6.07) is 10.3. The Kier molecular flexibility index (Phi) is 2.18. The van der Waals surface area contributed by atoms with E-state index < -0.39 is 0 Å². The van der Waals surface area contributed by atoms with Crippen molar-refractivity contribution in [1.82, 2.24) is 0 Å². The molecule has 1 fully saturated rings. The first kappa shape index (κ1) is 9.45. The van der Waals surface area contributed by atoms with Gasteiger partial charge in [0.15, 0.2) is 0 Å². The summed E-state index contributed by atoms with van der Waals surface area (Å²) >= 11 is 0. The van der Waals surface area contributed by atoms with Crippen molar-refractivity contribution >= 4 is 5.78 Å². The van der Waals surface area contributed by atoms with E-state index in [0.29, 0.717) is 5.78 Å². The lowest BCUT2D eigenvalue weighted by atomic mass is 9.63. The van der Waals surface area contributed by atoms with E-state index in [9.17, 15) is 4.79 Å². The summed E-state index contributed by atoms with van der Waals surface area (Å²) in [4.78, 5) is 11.5. The average molecular weight is 188 g/mol. The second-order valence-corrected chi connectivity index (χ2v) is 4.65. The number of carbonyl (C=O) groups is 1. The Balaban J connectivity index is 2.28. The summed E-state index contributed by atoms with van der Waals surface area (Å²) in [5.74, 6) is 0.670. The Bertz CT molecular complexity index is 338. The van der Waals surface area contributed by atoms with E-state index in [1.54, 1.807) is 0 Å². The van der Waals surface area contributed by atoms with Crippen molar-refractivity contribution in [3.8, 4) is 0 Å². The monoisotopic (exact) mass is 188 g/mol. The lowest BCUT2D eigenvalue weighted by Crippen LogP contribution is -2.41. The third-order valence-electron chi connectivity index (χ3n) is 3.46. The molecular formula is C13H16O. The topological polar surface area (TPSA) is 17.1 Å². The average Bonchev–Trinajstić information content (AvgIpc) is 2.16. The molecule has 1 unspecified atom stereocenters. The molecule has 0 heterocycles. The van der Waals surface area contributed by atoms with Gasteiger partial charge >= 0.3 is 0 Å². The first-order valence-electron chi connectivity index (χ1n) is 5.20. The third kappa shape index (κ3) is 1.37. The summed E-state index contributed by atoms with van der Waals surface area (Å²) in [6.45, 7) is 4.34. The molecule has 0 aromatic heterocycles. The SMILES string of the molecule is CC(C)(c1ccccc1)C1CCC1=O. The normalized spacial score (nSPS) is 21.9. The molecule has 1 aromatic rings. The van der Waals surface area contributed by atoms with E-state index in [-0.39, 0.29) is 11.3 Å². The highest BCUT2D eigenvalue weighted by atomic mass is 16.1. The van der Waals surface area contributed by atoms with Crippen LogP contribution >= 0.6 is 0 Å². The Morgan fingerprint density at radius 2 is 1.86 bits per heavy atom. The molecule has 0 bridgehead atoms. The highest BCUT2D eigenvalue weighted by Gasteiger charge is 2.41. The largest absolute Gasteiger partial charge is 0.299 e. The smallest absolute Gasteiger partial charge is 0.136 e. The minimum absolute atomic E-state index is 0.0105. The zero-order valence-electron chi connectivity index (χ0n) is 8.79. The lowest BCUT2D eigenvalue weighted by molar-refractivity contribution is -0.131. The molecule has 1 aromatic carbocycles. The van der Waals surface area contributed by atoms with E-state index in [2.05, 4.69) is 26.0 Å². The highest BCUT2D eigenvalue weighted by molar-refractivity contribution is 5.87. The summed E-state index contributed by atoms with van der Waals surface area (Å²) in [5.41, 5.74) is 1.29. The van der Waals surface area contributed by atoms with Gasteiger partial charge in [-0.3, -0.25) is 4.79 Å². The van der Waals surface area contributed by atoms with Gasteiger partial charge in [0.1, 0.15) is 5.78 Å². The van der Waals surface area contributed by atoms with Gasteiger partial charge in [0, 0.05) is 12.3 Å². The molecule has 0 radical (unpaired) electrons. The number of hydrogen-bond donors (Lipinski definition) is 0. The first-order valence-corrected chi connectivity index (χ1v) is 5.20. The molecule has 0 saturated heterocycles.